The second-order valence-corrected chi connectivity index (χ2v) is 13.3. The molecule has 1 saturated carbocycles. The average molecular weight is 565 g/mol. The van der Waals surface area contributed by atoms with Gasteiger partial charge in [-0.1, -0.05) is 25.5 Å². The molecule has 0 amide bonds. The Balaban J connectivity index is 1.35. The lowest BCUT2D eigenvalue weighted by Gasteiger charge is -2.59. The number of hydrogen-bond donors (Lipinski definition) is 0. The molecule has 11 atom stereocenters. The molecule has 41 heavy (non-hydrogen) atoms. The molecule has 0 radical (unpaired) electrons. The van der Waals surface area contributed by atoms with Crippen molar-refractivity contribution in [3.05, 3.63) is 46.1 Å². The van der Waals surface area contributed by atoms with Crippen LogP contribution in [0, 0.1) is 34.0 Å². The minimum atomic E-state index is -1.05. The molecule has 9 heteroatoms. The maximum absolute atomic E-state index is 13.9. The zero-order chi connectivity index (χ0) is 29.4. The van der Waals surface area contributed by atoms with Crippen molar-refractivity contribution in [2.45, 2.75) is 78.0 Å². The molecule has 7 rings (SSSR count). The Morgan fingerprint density at radius 3 is 2.41 bits per heavy atom. The lowest BCUT2D eigenvalue weighted by Crippen LogP contribution is -2.66. The molecule has 3 fully saturated rings. The Labute approximate surface area is 238 Å². The van der Waals surface area contributed by atoms with Crippen LogP contribution in [-0.2, 0) is 42.9 Å². The van der Waals surface area contributed by atoms with Crippen LogP contribution in [0.15, 0.2) is 46.1 Å². The number of ether oxygens (including phenoxy) is 5. The summed E-state index contributed by atoms with van der Waals surface area (Å²) in [4.78, 5) is 52.5. The van der Waals surface area contributed by atoms with Gasteiger partial charge in [0.15, 0.2) is 5.78 Å². The summed E-state index contributed by atoms with van der Waals surface area (Å²) in [5.74, 6) is -2.17. The molecule has 4 aliphatic heterocycles. The molecule has 0 spiro atoms. The first-order valence-corrected chi connectivity index (χ1v) is 14.4. The normalized spacial score (nSPS) is 46.9. The average Bonchev–Trinajstić information content (AvgIpc) is 3.71. The summed E-state index contributed by atoms with van der Waals surface area (Å²) in [6, 6.07) is 0. The van der Waals surface area contributed by atoms with Crippen LogP contribution >= 0.6 is 0 Å². The summed E-state index contributed by atoms with van der Waals surface area (Å²) in [5.41, 5.74) is 1.93. The second-order valence-electron chi connectivity index (χ2n) is 13.3. The quantitative estimate of drug-likeness (QED) is 0.289. The van der Waals surface area contributed by atoms with Crippen molar-refractivity contribution in [1.82, 2.24) is 0 Å². The summed E-state index contributed by atoms with van der Waals surface area (Å²) in [6.07, 6.45) is 3.77. The predicted molar refractivity (Wildman–Crippen MR) is 143 cm³/mol. The van der Waals surface area contributed by atoms with Crippen LogP contribution in [0.1, 0.15) is 47.5 Å². The first-order valence-electron chi connectivity index (χ1n) is 14.4. The number of methoxy groups -OCH3 is 2. The van der Waals surface area contributed by atoms with Crippen molar-refractivity contribution < 1.29 is 42.9 Å². The van der Waals surface area contributed by atoms with E-state index >= 15 is 0 Å². The number of hydrogen-bond acceptors (Lipinski definition) is 9. The molecule has 0 aromatic heterocycles. The van der Waals surface area contributed by atoms with E-state index in [0.29, 0.717) is 12.0 Å². The van der Waals surface area contributed by atoms with E-state index in [9.17, 15) is 19.2 Å². The van der Waals surface area contributed by atoms with Gasteiger partial charge in [0.25, 0.3) is 0 Å². The standard InChI is InChI=1S/C32H36O9/c1-13-15(16-11-17-22(28(35)38-7)14(2)24(16)39-17)10-18-23(13)32(5)19(12-21(34)37-6)31(4)20(33)8-9-30(3)26(31)25(27(32)40-18)41-29(30)36/h8-9,11,15,17-19,24-27H,10,12H2,1-7H3/t15-,17?,18+,19-,24?,25?,26?,27-,30-,31+,32-/m1/s1. The SMILES string of the molecule is COC(=O)C[C@H]1[C@]2(C)C3=C(C)[C@H](C4=CC5OC4C(C)=C5C(=O)OC)C[C@@H]3O[C@@H]2C2OC(=O)[C@]3(C)C=CC(=O)[C@@]1(C)C23. The summed E-state index contributed by atoms with van der Waals surface area (Å²) >= 11 is 0. The molecule has 3 aliphatic carbocycles. The van der Waals surface area contributed by atoms with Crippen molar-refractivity contribution in [2.75, 3.05) is 14.2 Å². The molecule has 7 aliphatic rings. The van der Waals surface area contributed by atoms with Crippen LogP contribution in [0.5, 0.6) is 0 Å². The topological polar surface area (TPSA) is 114 Å². The highest BCUT2D eigenvalue weighted by Crippen LogP contribution is 2.72. The highest BCUT2D eigenvalue weighted by atomic mass is 16.6. The summed E-state index contributed by atoms with van der Waals surface area (Å²) < 4.78 is 29.3. The van der Waals surface area contributed by atoms with Gasteiger partial charge in [0.2, 0.25) is 0 Å². The molecular formula is C32H36O9. The number of ketones is 1. The Kier molecular flexibility index (Phi) is 5.42. The Hall–Kier alpha value is -3.04. The Morgan fingerprint density at radius 1 is 1.02 bits per heavy atom. The highest BCUT2D eigenvalue weighted by Gasteiger charge is 2.78. The fourth-order valence-electron chi connectivity index (χ4n) is 10.0. The minimum absolute atomic E-state index is 0.0135. The smallest absolute Gasteiger partial charge is 0.336 e. The zero-order valence-electron chi connectivity index (χ0n) is 24.4. The van der Waals surface area contributed by atoms with E-state index in [1.54, 1.807) is 6.08 Å². The van der Waals surface area contributed by atoms with Crippen LogP contribution in [0.2, 0.25) is 0 Å². The van der Waals surface area contributed by atoms with Crippen molar-refractivity contribution in [3.63, 3.8) is 0 Å². The van der Waals surface area contributed by atoms with Crippen molar-refractivity contribution in [3.8, 4) is 0 Å². The number of allylic oxidation sites excluding steroid dienone is 2. The number of carbonyl (C=O) groups excluding carboxylic acids is 4. The minimum Gasteiger partial charge on any atom is -0.469 e. The maximum atomic E-state index is 13.9. The van der Waals surface area contributed by atoms with Crippen molar-refractivity contribution in [1.29, 1.82) is 0 Å². The molecule has 0 N–H and O–H groups in total. The van der Waals surface area contributed by atoms with Gasteiger partial charge in [0.1, 0.15) is 24.4 Å². The van der Waals surface area contributed by atoms with Gasteiger partial charge in [-0.05, 0) is 62.0 Å². The molecule has 0 aromatic carbocycles. The molecular weight excluding hydrogens is 528 g/mol. The van der Waals surface area contributed by atoms with Crippen LogP contribution < -0.4 is 0 Å². The van der Waals surface area contributed by atoms with Gasteiger partial charge in [0, 0.05) is 22.7 Å². The summed E-state index contributed by atoms with van der Waals surface area (Å²) in [6.45, 7) is 9.82. The monoisotopic (exact) mass is 564 g/mol. The van der Waals surface area contributed by atoms with E-state index < -0.39 is 52.4 Å². The first-order chi connectivity index (χ1) is 19.3. The summed E-state index contributed by atoms with van der Waals surface area (Å²) in [5, 5.41) is 0. The van der Waals surface area contributed by atoms with E-state index in [2.05, 4.69) is 13.8 Å². The molecule has 2 bridgehead atoms. The largest absolute Gasteiger partial charge is 0.469 e. The van der Waals surface area contributed by atoms with Gasteiger partial charge in [-0.2, -0.15) is 0 Å². The summed E-state index contributed by atoms with van der Waals surface area (Å²) in [7, 11) is 2.73. The fraction of sp³-hybridized carbons (Fsp3) is 0.625. The molecule has 2 saturated heterocycles. The lowest BCUT2D eigenvalue weighted by atomic mass is 9.42. The predicted octanol–water partition coefficient (Wildman–Crippen LogP) is 3.18. The molecule has 218 valence electrons. The van der Waals surface area contributed by atoms with E-state index in [0.717, 1.165) is 22.3 Å². The van der Waals surface area contributed by atoms with E-state index in [4.69, 9.17) is 23.7 Å². The van der Waals surface area contributed by atoms with Crippen LogP contribution in [-0.4, -0.2) is 68.4 Å². The third-order valence-electron chi connectivity index (χ3n) is 11.8. The van der Waals surface area contributed by atoms with Crippen LogP contribution in [0.4, 0.5) is 0 Å². The van der Waals surface area contributed by atoms with Crippen LogP contribution in [0.25, 0.3) is 0 Å². The second kappa shape index (κ2) is 8.28. The van der Waals surface area contributed by atoms with E-state index in [-0.39, 0.29) is 42.3 Å². The Morgan fingerprint density at radius 2 is 1.76 bits per heavy atom. The Bertz CT molecular complexity index is 1450. The molecule has 4 heterocycles. The number of esters is 3. The van der Waals surface area contributed by atoms with Gasteiger partial charge in [-0.3, -0.25) is 14.4 Å². The number of fused-ring (bicyclic) bond motifs is 6. The van der Waals surface area contributed by atoms with Gasteiger partial charge >= 0.3 is 17.9 Å². The third kappa shape index (κ3) is 2.99. The third-order valence-corrected chi connectivity index (χ3v) is 11.8. The first kappa shape index (κ1) is 26.8. The van der Waals surface area contributed by atoms with Gasteiger partial charge < -0.3 is 23.7 Å². The number of carbonyl (C=O) groups is 4. The molecule has 9 nitrogen and oxygen atoms in total. The fourth-order valence-corrected chi connectivity index (χ4v) is 10.0. The van der Waals surface area contributed by atoms with Crippen LogP contribution in [0.3, 0.4) is 0 Å². The zero-order valence-corrected chi connectivity index (χ0v) is 24.4. The molecule has 0 aromatic rings. The molecule has 4 unspecified atom stereocenters. The van der Waals surface area contributed by atoms with Crippen molar-refractivity contribution in [2.24, 2.45) is 34.0 Å². The lowest BCUT2D eigenvalue weighted by molar-refractivity contribution is -0.190. The van der Waals surface area contributed by atoms with Crippen molar-refractivity contribution >= 4 is 23.7 Å². The van der Waals surface area contributed by atoms with E-state index in [1.807, 2.05) is 26.8 Å². The van der Waals surface area contributed by atoms with E-state index in [1.165, 1.54) is 20.3 Å². The number of rotatable bonds is 4. The van der Waals surface area contributed by atoms with Gasteiger partial charge in [-0.15, -0.1) is 0 Å². The van der Waals surface area contributed by atoms with Gasteiger partial charge in [-0.25, -0.2) is 4.79 Å². The maximum Gasteiger partial charge on any atom is 0.336 e. The highest BCUT2D eigenvalue weighted by molar-refractivity contribution is 6.00. The van der Waals surface area contributed by atoms with Gasteiger partial charge in [0.05, 0.1) is 37.7 Å².